The molecule has 0 aliphatic rings. The van der Waals surface area contributed by atoms with Crippen molar-refractivity contribution in [3.8, 4) is 5.69 Å². The number of aryl methyl sites for hydroxylation is 1. The van der Waals surface area contributed by atoms with Crippen LogP contribution in [0.15, 0.2) is 28.6 Å². The molecule has 2 aromatic heterocycles. The van der Waals surface area contributed by atoms with Crippen LogP contribution in [0, 0.1) is 12.7 Å². The molecule has 0 fully saturated rings. The van der Waals surface area contributed by atoms with Gasteiger partial charge >= 0.3 is 0 Å². The molecule has 0 bridgehead atoms. The van der Waals surface area contributed by atoms with Crippen LogP contribution in [0.4, 0.5) is 9.52 Å². The summed E-state index contributed by atoms with van der Waals surface area (Å²) in [4.78, 5) is 12.5. The quantitative estimate of drug-likeness (QED) is 0.516. The maximum atomic E-state index is 13.1. The standard InChI is InChI=1S/C15H13ClFN5OS2/c1-3-24-15-20-19-14(25-15)18-13(23)11-8(2)21-22(12(11)16)10-6-4-9(17)5-7-10/h4-7H,3H2,1-2H3,(H,18,19,23). The van der Waals surface area contributed by atoms with Crippen LogP contribution in [-0.4, -0.2) is 31.6 Å². The minimum atomic E-state index is -0.417. The molecule has 1 aromatic carbocycles. The minimum absolute atomic E-state index is 0.147. The minimum Gasteiger partial charge on any atom is -0.296 e. The van der Waals surface area contributed by atoms with E-state index in [-0.39, 0.29) is 16.5 Å². The second-order valence-corrected chi connectivity index (χ2v) is 7.75. The molecule has 0 radical (unpaired) electrons. The van der Waals surface area contributed by atoms with Crippen molar-refractivity contribution in [3.63, 3.8) is 0 Å². The van der Waals surface area contributed by atoms with Crippen LogP contribution in [0.1, 0.15) is 23.0 Å². The fourth-order valence-corrected chi connectivity index (χ4v) is 4.11. The molecule has 3 rings (SSSR count). The van der Waals surface area contributed by atoms with Crippen LogP contribution in [0.5, 0.6) is 0 Å². The zero-order valence-electron chi connectivity index (χ0n) is 13.3. The highest BCUT2D eigenvalue weighted by atomic mass is 35.5. The first-order chi connectivity index (χ1) is 12.0. The van der Waals surface area contributed by atoms with Crippen molar-refractivity contribution in [2.75, 3.05) is 11.1 Å². The smallest absolute Gasteiger partial charge is 0.262 e. The molecule has 1 amide bonds. The number of carbonyl (C=O) groups excluding carboxylic acids is 1. The third-order valence-corrected chi connectivity index (χ3v) is 5.40. The van der Waals surface area contributed by atoms with Crippen molar-refractivity contribution in [3.05, 3.63) is 46.5 Å². The van der Waals surface area contributed by atoms with Gasteiger partial charge in [0.05, 0.1) is 11.4 Å². The summed E-state index contributed by atoms with van der Waals surface area (Å²) in [5, 5.41) is 15.4. The van der Waals surface area contributed by atoms with Crippen LogP contribution in [-0.2, 0) is 0 Å². The summed E-state index contributed by atoms with van der Waals surface area (Å²) in [7, 11) is 0. The number of thioether (sulfide) groups is 1. The van der Waals surface area contributed by atoms with Crippen molar-refractivity contribution in [1.82, 2.24) is 20.0 Å². The normalized spacial score (nSPS) is 10.9. The first-order valence-electron chi connectivity index (χ1n) is 7.28. The first kappa shape index (κ1) is 17.8. The molecule has 0 unspecified atom stereocenters. The summed E-state index contributed by atoms with van der Waals surface area (Å²) >= 11 is 9.17. The summed E-state index contributed by atoms with van der Waals surface area (Å²) in [5.74, 6) is 0.0941. The molecule has 0 saturated carbocycles. The Morgan fingerprint density at radius 2 is 2.08 bits per heavy atom. The van der Waals surface area contributed by atoms with Gasteiger partial charge in [0.2, 0.25) is 5.13 Å². The van der Waals surface area contributed by atoms with Crippen LogP contribution < -0.4 is 5.32 Å². The van der Waals surface area contributed by atoms with Crippen LogP contribution >= 0.6 is 34.7 Å². The van der Waals surface area contributed by atoms with E-state index in [9.17, 15) is 9.18 Å². The van der Waals surface area contributed by atoms with E-state index in [1.54, 1.807) is 18.7 Å². The Hall–Kier alpha value is -1.97. The molecule has 25 heavy (non-hydrogen) atoms. The second kappa shape index (κ2) is 7.51. The van der Waals surface area contributed by atoms with Gasteiger partial charge in [0, 0.05) is 0 Å². The lowest BCUT2D eigenvalue weighted by Crippen LogP contribution is -2.13. The van der Waals surface area contributed by atoms with E-state index >= 15 is 0 Å². The lowest BCUT2D eigenvalue weighted by Gasteiger charge is -2.03. The maximum Gasteiger partial charge on any atom is 0.262 e. The van der Waals surface area contributed by atoms with Crippen LogP contribution in [0.3, 0.4) is 0 Å². The second-order valence-electron chi connectivity index (χ2n) is 4.90. The molecular formula is C15H13ClFN5OS2. The maximum absolute atomic E-state index is 13.1. The average molecular weight is 398 g/mol. The van der Waals surface area contributed by atoms with Gasteiger partial charge in [-0.2, -0.15) is 5.10 Å². The molecule has 0 aliphatic heterocycles. The molecular weight excluding hydrogens is 385 g/mol. The Labute approximate surface area is 156 Å². The van der Waals surface area contributed by atoms with E-state index in [2.05, 4.69) is 20.6 Å². The van der Waals surface area contributed by atoms with Crippen molar-refractivity contribution in [2.45, 2.75) is 18.2 Å². The topological polar surface area (TPSA) is 72.7 Å². The predicted molar refractivity (Wildman–Crippen MR) is 97.5 cm³/mol. The zero-order chi connectivity index (χ0) is 18.0. The summed E-state index contributed by atoms with van der Waals surface area (Å²) in [6.45, 7) is 3.69. The number of hydrogen-bond acceptors (Lipinski definition) is 6. The van der Waals surface area contributed by atoms with Crippen molar-refractivity contribution < 1.29 is 9.18 Å². The number of benzene rings is 1. The van der Waals surface area contributed by atoms with Gasteiger partial charge in [-0.1, -0.05) is 41.6 Å². The number of rotatable bonds is 5. The van der Waals surface area contributed by atoms with E-state index in [0.717, 1.165) is 10.1 Å². The molecule has 2 heterocycles. The Kier molecular flexibility index (Phi) is 5.36. The largest absolute Gasteiger partial charge is 0.296 e. The zero-order valence-corrected chi connectivity index (χ0v) is 15.7. The van der Waals surface area contributed by atoms with Gasteiger partial charge in [-0.3, -0.25) is 10.1 Å². The fourth-order valence-electron chi connectivity index (χ4n) is 2.11. The number of nitrogens with zero attached hydrogens (tertiary/aromatic N) is 4. The Morgan fingerprint density at radius 1 is 1.36 bits per heavy atom. The first-order valence-corrected chi connectivity index (χ1v) is 9.46. The number of hydrogen-bond donors (Lipinski definition) is 1. The van der Waals surface area contributed by atoms with Crippen molar-refractivity contribution in [2.24, 2.45) is 0 Å². The van der Waals surface area contributed by atoms with Crippen LogP contribution in [0.2, 0.25) is 5.15 Å². The molecule has 0 atom stereocenters. The monoisotopic (exact) mass is 397 g/mol. The van der Waals surface area contributed by atoms with E-state index in [4.69, 9.17) is 11.6 Å². The van der Waals surface area contributed by atoms with E-state index in [1.807, 2.05) is 6.92 Å². The average Bonchev–Trinajstić information content (AvgIpc) is 3.12. The van der Waals surface area contributed by atoms with Gasteiger partial charge in [-0.05, 0) is 36.9 Å². The summed E-state index contributed by atoms with van der Waals surface area (Å²) < 4.78 is 15.2. The predicted octanol–water partition coefficient (Wildman–Crippen LogP) is 4.19. The number of nitrogens with one attached hydrogen (secondary N) is 1. The van der Waals surface area contributed by atoms with Crippen molar-refractivity contribution >= 4 is 45.7 Å². The van der Waals surface area contributed by atoms with Gasteiger partial charge in [0.1, 0.15) is 16.5 Å². The van der Waals surface area contributed by atoms with Gasteiger partial charge in [0.25, 0.3) is 5.91 Å². The third kappa shape index (κ3) is 3.83. The molecule has 1 N–H and O–H groups in total. The summed E-state index contributed by atoms with van der Waals surface area (Å²) in [5.41, 5.74) is 1.26. The number of amides is 1. The van der Waals surface area contributed by atoms with E-state index in [1.165, 1.54) is 40.3 Å². The molecule has 6 nitrogen and oxygen atoms in total. The highest BCUT2D eigenvalue weighted by molar-refractivity contribution is 8.01. The number of aromatic nitrogens is 4. The Balaban J connectivity index is 1.86. The molecule has 0 saturated heterocycles. The fraction of sp³-hybridized carbons (Fsp3) is 0.200. The molecule has 0 spiro atoms. The highest BCUT2D eigenvalue weighted by Gasteiger charge is 2.22. The van der Waals surface area contributed by atoms with E-state index < -0.39 is 5.91 Å². The van der Waals surface area contributed by atoms with Gasteiger partial charge in [-0.15, -0.1) is 10.2 Å². The van der Waals surface area contributed by atoms with Gasteiger partial charge < -0.3 is 0 Å². The van der Waals surface area contributed by atoms with Crippen molar-refractivity contribution in [1.29, 1.82) is 0 Å². The SMILES string of the molecule is CCSc1nnc(NC(=O)c2c(C)nn(-c3ccc(F)cc3)c2Cl)s1. The summed E-state index contributed by atoms with van der Waals surface area (Å²) in [6, 6.07) is 5.68. The van der Waals surface area contributed by atoms with Crippen LogP contribution in [0.25, 0.3) is 5.69 Å². The summed E-state index contributed by atoms with van der Waals surface area (Å²) in [6.07, 6.45) is 0. The lowest BCUT2D eigenvalue weighted by atomic mass is 10.2. The lowest BCUT2D eigenvalue weighted by molar-refractivity contribution is 0.102. The molecule has 0 aliphatic carbocycles. The molecule has 10 heteroatoms. The Bertz CT molecular complexity index is 909. The number of anilines is 1. The van der Waals surface area contributed by atoms with E-state index in [0.29, 0.717) is 16.5 Å². The van der Waals surface area contributed by atoms with Gasteiger partial charge in [-0.25, -0.2) is 9.07 Å². The van der Waals surface area contributed by atoms with Gasteiger partial charge in [0.15, 0.2) is 4.34 Å². The number of carbonyl (C=O) groups is 1. The molecule has 130 valence electrons. The highest BCUT2D eigenvalue weighted by Crippen LogP contribution is 2.28. The number of halogens is 2. The Morgan fingerprint density at radius 3 is 2.76 bits per heavy atom. The third-order valence-electron chi connectivity index (χ3n) is 3.20. The molecule has 3 aromatic rings.